The number of aromatic nitrogens is 2. The summed E-state index contributed by atoms with van der Waals surface area (Å²) >= 11 is 6.10. The van der Waals surface area contributed by atoms with Crippen molar-refractivity contribution in [1.29, 1.82) is 0 Å². The summed E-state index contributed by atoms with van der Waals surface area (Å²) in [4.78, 5) is 12.5. The van der Waals surface area contributed by atoms with E-state index in [-0.39, 0.29) is 12.2 Å². The fraction of sp³-hybridized carbons (Fsp3) is 0.333. The molecule has 0 unspecified atom stereocenters. The van der Waals surface area contributed by atoms with Crippen molar-refractivity contribution in [2.75, 3.05) is 7.11 Å². The number of rotatable bonds is 6. The van der Waals surface area contributed by atoms with Crippen molar-refractivity contribution >= 4 is 17.4 Å². The van der Waals surface area contributed by atoms with E-state index in [1.165, 1.54) is 0 Å². The van der Waals surface area contributed by atoms with Crippen LogP contribution < -0.4 is 4.74 Å². The molecule has 2 rings (SSSR count). The number of carbonyl (C=O) groups excluding carboxylic acids is 1. The molecule has 0 spiro atoms. The quantitative estimate of drug-likeness (QED) is 0.767. The van der Waals surface area contributed by atoms with E-state index in [0.29, 0.717) is 23.0 Å². The molecule has 0 aliphatic carbocycles. The first-order chi connectivity index (χ1) is 9.67. The fourth-order valence-electron chi connectivity index (χ4n) is 2.08. The maximum Gasteiger partial charge on any atom is 0.189 e. The predicted octanol–water partition coefficient (Wildman–Crippen LogP) is 3.38. The van der Waals surface area contributed by atoms with Gasteiger partial charge in [0.1, 0.15) is 5.69 Å². The summed E-state index contributed by atoms with van der Waals surface area (Å²) in [5, 5.41) is 4.80. The van der Waals surface area contributed by atoms with Crippen molar-refractivity contribution in [1.82, 2.24) is 9.78 Å². The van der Waals surface area contributed by atoms with E-state index in [0.717, 1.165) is 12.0 Å². The highest BCUT2D eigenvalue weighted by Gasteiger charge is 2.20. The molecular formula is C15H17ClN2O2. The number of methoxy groups -OCH3 is 1. The topological polar surface area (TPSA) is 44.1 Å². The van der Waals surface area contributed by atoms with Crippen LogP contribution in [0.15, 0.2) is 30.5 Å². The molecule has 1 heterocycles. The molecule has 0 radical (unpaired) electrons. The van der Waals surface area contributed by atoms with Gasteiger partial charge in [-0.05, 0) is 18.1 Å². The Kier molecular flexibility index (Phi) is 4.79. The molecule has 0 N–H and O–H groups in total. The van der Waals surface area contributed by atoms with Crippen LogP contribution in [0.1, 0.15) is 29.4 Å². The number of ether oxygens (including phenoxy) is 1. The smallest absolute Gasteiger partial charge is 0.189 e. The Morgan fingerprint density at radius 2 is 2.15 bits per heavy atom. The third-order valence-electron chi connectivity index (χ3n) is 3.03. The van der Waals surface area contributed by atoms with E-state index in [4.69, 9.17) is 16.3 Å². The van der Waals surface area contributed by atoms with Crippen molar-refractivity contribution in [2.45, 2.75) is 26.3 Å². The summed E-state index contributed by atoms with van der Waals surface area (Å²) in [7, 11) is 1.54. The molecule has 0 fully saturated rings. The van der Waals surface area contributed by atoms with Crippen LogP contribution in [0.3, 0.4) is 0 Å². The number of ketones is 1. The average Bonchev–Trinajstić information content (AvgIpc) is 2.85. The Hall–Kier alpha value is -1.81. The van der Waals surface area contributed by atoms with Gasteiger partial charge >= 0.3 is 0 Å². The second-order valence-electron chi connectivity index (χ2n) is 4.48. The maximum absolute atomic E-state index is 12.5. The Morgan fingerprint density at radius 3 is 2.80 bits per heavy atom. The van der Waals surface area contributed by atoms with Crippen molar-refractivity contribution in [3.8, 4) is 5.75 Å². The minimum Gasteiger partial charge on any atom is -0.493 e. The number of carbonyl (C=O) groups is 1. The average molecular weight is 293 g/mol. The lowest BCUT2D eigenvalue weighted by molar-refractivity contribution is 0.0979. The summed E-state index contributed by atoms with van der Waals surface area (Å²) in [6.45, 7) is 2.73. The lowest BCUT2D eigenvalue weighted by Crippen LogP contribution is -2.13. The second-order valence-corrected chi connectivity index (χ2v) is 4.88. The van der Waals surface area contributed by atoms with E-state index in [1.54, 1.807) is 24.1 Å². The zero-order chi connectivity index (χ0) is 14.5. The fourth-order valence-corrected chi connectivity index (χ4v) is 2.28. The molecule has 0 saturated heterocycles. The summed E-state index contributed by atoms with van der Waals surface area (Å²) in [5.74, 6) is 0.469. The van der Waals surface area contributed by atoms with Crippen LogP contribution in [0, 0.1) is 0 Å². The van der Waals surface area contributed by atoms with Gasteiger partial charge in [0.05, 0.1) is 13.3 Å². The van der Waals surface area contributed by atoms with Crippen molar-refractivity contribution in [3.05, 3.63) is 46.7 Å². The number of halogens is 1. The van der Waals surface area contributed by atoms with E-state index in [1.807, 2.05) is 25.1 Å². The summed E-state index contributed by atoms with van der Waals surface area (Å²) in [6.07, 6.45) is 2.72. The standard InChI is InChI=1S/C15H17ClN2O2/c1-3-8-18-15(14(20-2)10-17-18)13(19)9-11-6-4-5-7-12(11)16/h4-7,10H,3,8-9H2,1-2H3. The van der Waals surface area contributed by atoms with Gasteiger partial charge in [0.15, 0.2) is 11.5 Å². The third-order valence-corrected chi connectivity index (χ3v) is 3.40. The highest BCUT2D eigenvalue weighted by molar-refractivity contribution is 6.31. The number of nitrogens with zero attached hydrogens (tertiary/aromatic N) is 2. The molecule has 0 aliphatic rings. The van der Waals surface area contributed by atoms with Gasteiger partial charge in [-0.2, -0.15) is 5.10 Å². The Bertz CT molecular complexity index is 608. The zero-order valence-electron chi connectivity index (χ0n) is 11.6. The third kappa shape index (κ3) is 3.02. The summed E-state index contributed by atoms with van der Waals surface area (Å²) < 4.78 is 6.92. The van der Waals surface area contributed by atoms with Crippen LogP contribution in [0.4, 0.5) is 0 Å². The number of hydrogen-bond donors (Lipinski definition) is 0. The molecule has 0 aliphatic heterocycles. The summed E-state index contributed by atoms with van der Waals surface area (Å²) in [5.41, 5.74) is 1.32. The van der Waals surface area contributed by atoms with Crippen LogP contribution in [0.2, 0.25) is 5.02 Å². The van der Waals surface area contributed by atoms with E-state index in [9.17, 15) is 4.79 Å². The molecule has 20 heavy (non-hydrogen) atoms. The normalized spacial score (nSPS) is 10.6. The van der Waals surface area contributed by atoms with Gasteiger partial charge in [-0.3, -0.25) is 9.48 Å². The van der Waals surface area contributed by atoms with Crippen molar-refractivity contribution in [2.24, 2.45) is 0 Å². The molecule has 5 heteroatoms. The molecular weight excluding hydrogens is 276 g/mol. The minimum absolute atomic E-state index is 0.0408. The molecule has 0 amide bonds. The molecule has 4 nitrogen and oxygen atoms in total. The molecule has 0 bridgehead atoms. The number of hydrogen-bond acceptors (Lipinski definition) is 3. The van der Waals surface area contributed by atoms with Crippen LogP contribution in [0.25, 0.3) is 0 Å². The number of benzene rings is 1. The SMILES string of the molecule is CCCn1ncc(OC)c1C(=O)Cc1ccccc1Cl. The lowest BCUT2D eigenvalue weighted by Gasteiger charge is -2.08. The van der Waals surface area contributed by atoms with Crippen LogP contribution >= 0.6 is 11.6 Å². The number of Topliss-reactive ketones (excluding diaryl/α,β-unsaturated/α-hetero) is 1. The largest absolute Gasteiger partial charge is 0.493 e. The monoisotopic (exact) mass is 292 g/mol. The van der Waals surface area contributed by atoms with Gasteiger partial charge in [-0.25, -0.2) is 0 Å². The van der Waals surface area contributed by atoms with Gasteiger partial charge in [-0.1, -0.05) is 36.7 Å². The first kappa shape index (κ1) is 14.6. The van der Waals surface area contributed by atoms with Gasteiger partial charge in [0.25, 0.3) is 0 Å². The Morgan fingerprint density at radius 1 is 1.40 bits per heavy atom. The van der Waals surface area contributed by atoms with E-state index < -0.39 is 0 Å². The van der Waals surface area contributed by atoms with Crippen LogP contribution in [-0.2, 0) is 13.0 Å². The second kappa shape index (κ2) is 6.57. The highest BCUT2D eigenvalue weighted by atomic mass is 35.5. The predicted molar refractivity (Wildman–Crippen MR) is 78.6 cm³/mol. The summed E-state index contributed by atoms with van der Waals surface area (Å²) in [6, 6.07) is 7.35. The molecule has 0 saturated carbocycles. The van der Waals surface area contributed by atoms with Crippen molar-refractivity contribution in [3.63, 3.8) is 0 Å². The molecule has 1 aromatic carbocycles. The maximum atomic E-state index is 12.5. The van der Waals surface area contributed by atoms with Gasteiger partial charge in [0, 0.05) is 18.0 Å². The zero-order valence-corrected chi connectivity index (χ0v) is 12.4. The number of aryl methyl sites for hydroxylation is 1. The van der Waals surface area contributed by atoms with Crippen LogP contribution in [-0.4, -0.2) is 22.7 Å². The van der Waals surface area contributed by atoms with E-state index >= 15 is 0 Å². The molecule has 106 valence electrons. The Balaban J connectivity index is 2.29. The minimum atomic E-state index is -0.0408. The van der Waals surface area contributed by atoms with Gasteiger partial charge in [-0.15, -0.1) is 0 Å². The van der Waals surface area contributed by atoms with Crippen LogP contribution in [0.5, 0.6) is 5.75 Å². The first-order valence-corrected chi connectivity index (χ1v) is 6.91. The Labute approximate surface area is 123 Å². The van der Waals surface area contributed by atoms with E-state index in [2.05, 4.69) is 5.10 Å². The molecule has 1 aromatic heterocycles. The van der Waals surface area contributed by atoms with Gasteiger partial charge in [0.2, 0.25) is 0 Å². The molecule has 2 aromatic rings. The first-order valence-electron chi connectivity index (χ1n) is 6.53. The lowest BCUT2D eigenvalue weighted by atomic mass is 10.1. The van der Waals surface area contributed by atoms with Crippen molar-refractivity contribution < 1.29 is 9.53 Å². The highest BCUT2D eigenvalue weighted by Crippen LogP contribution is 2.22. The molecule has 0 atom stereocenters. The van der Waals surface area contributed by atoms with Gasteiger partial charge < -0.3 is 4.74 Å².